The van der Waals surface area contributed by atoms with Crippen LogP contribution in [0.15, 0.2) is 42.5 Å². The third-order valence-corrected chi connectivity index (χ3v) is 7.49. The second-order valence-corrected chi connectivity index (χ2v) is 11.1. The van der Waals surface area contributed by atoms with Gasteiger partial charge in [0, 0.05) is 12.6 Å². The summed E-state index contributed by atoms with van der Waals surface area (Å²) in [6.45, 7) is 4.86. The number of sulfonamides is 1. The molecule has 0 saturated heterocycles. The maximum absolute atomic E-state index is 13.5. The molecule has 2 aromatic rings. The number of nitrogens with zero attached hydrogens (tertiary/aromatic N) is 2. The molecule has 0 aliphatic rings. The van der Waals surface area contributed by atoms with Gasteiger partial charge >= 0.3 is 0 Å². The zero-order chi connectivity index (χ0) is 25.6. The second kappa shape index (κ2) is 12.1. The highest BCUT2D eigenvalue weighted by Crippen LogP contribution is 2.28. The Balaban J connectivity index is 2.42. The van der Waals surface area contributed by atoms with Gasteiger partial charge < -0.3 is 10.2 Å². The van der Waals surface area contributed by atoms with E-state index in [9.17, 15) is 18.0 Å². The summed E-state index contributed by atoms with van der Waals surface area (Å²) in [5.74, 6) is -0.936. The fourth-order valence-electron chi connectivity index (χ4n) is 3.13. The van der Waals surface area contributed by atoms with Crippen LogP contribution >= 0.6 is 34.8 Å². The minimum atomic E-state index is -3.86. The molecule has 0 aromatic heterocycles. The van der Waals surface area contributed by atoms with Crippen LogP contribution in [0.5, 0.6) is 0 Å². The van der Waals surface area contributed by atoms with E-state index < -0.39 is 28.5 Å². The summed E-state index contributed by atoms with van der Waals surface area (Å²) in [7, 11) is -3.86. The number of hydrogen-bond acceptors (Lipinski definition) is 4. The standard InChI is InChI=1S/C23H28Cl3N3O4S/c1-5-15(2)27-23(31)16(3)28(13-17-10-11-18(24)20(26)12-17)22(30)14-29(34(4,32)33)21-9-7-6-8-19(21)25/h6-12,15-16H,5,13-14H2,1-4H3,(H,27,31)/t15-,16-/m0/s1. The van der Waals surface area contributed by atoms with Crippen molar-refractivity contribution < 1.29 is 18.0 Å². The van der Waals surface area contributed by atoms with Crippen LogP contribution in [0, 0.1) is 0 Å². The average Bonchev–Trinajstić information content (AvgIpc) is 2.77. The van der Waals surface area contributed by atoms with Crippen molar-refractivity contribution in [3.63, 3.8) is 0 Å². The molecule has 0 aliphatic heterocycles. The third kappa shape index (κ3) is 7.50. The van der Waals surface area contributed by atoms with Crippen molar-refractivity contribution in [3.05, 3.63) is 63.1 Å². The van der Waals surface area contributed by atoms with Crippen molar-refractivity contribution in [2.45, 2.75) is 45.8 Å². The smallest absolute Gasteiger partial charge is 0.244 e. The molecule has 0 spiro atoms. The number of benzene rings is 2. The Hall–Kier alpha value is -2.00. The number of anilines is 1. The molecule has 2 aromatic carbocycles. The lowest BCUT2D eigenvalue weighted by Crippen LogP contribution is -2.52. The van der Waals surface area contributed by atoms with Gasteiger partial charge in [-0.1, -0.05) is 59.9 Å². The van der Waals surface area contributed by atoms with Gasteiger partial charge in [0.25, 0.3) is 0 Å². The summed E-state index contributed by atoms with van der Waals surface area (Å²) in [6.07, 6.45) is 1.71. The van der Waals surface area contributed by atoms with Gasteiger partial charge in [-0.3, -0.25) is 13.9 Å². The highest BCUT2D eigenvalue weighted by atomic mass is 35.5. The van der Waals surface area contributed by atoms with Gasteiger partial charge in [0.2, 0.25) is 21.8 Å². The van der Waals surface area contributed by atoms with E-state index in [1.165, 1.54) is 17.0 Å². The zero-order valence-corrected chi connectivity index (χ0v) is 22.5. The molecule has 0 unspecified atom stereocenters. The van der Waals surface area contributed by atoms with Gasteiger partial charge in [0.15, 0.2) is 0 Å². The monoisotopic (exact) mass is 547 g/mol. The molecule has 2 amide bonds. The van der Waals surface area contributed by atoms with Gasteiger partial charge in [-0.05, 0) is 50.1 Å². The molecule has 2 rings (SSSR count). The SMILES string of the molecule is CC[C@H](C)NC(=O)[C@H](C)N(Cc1ccc(Cl)c(Cl)c1)C(=O)CN(c1ccccc1Cl)S(C)(=O)=O. The number of rotatable bonds is 10. The Kier molecular flexibility index (Phi) is 10.1. The highest BCUT2D eigenvalue weighted by molar-refractivity contribution is 7.92. The Bertz CT molecular complexity index is 1140. The van der Waals surface area contributed by atoms with Gasteiger partial charge in [0.1, 0.15) is 12.6 Å². The largest absolute Gasteiger partial charge is 0.352 e. The Morgan fingerprint density at radius 1 is 1.00 bits per heavy atom. The van der Waals surface area contributed by atoms with Crippen LogP contribution < -0.4 is 9.62 Å². The summed E-state index contributed by atoms with van der Waals surface area (Å²) >= 11 is 18.4. The number of hydrogen-bond donors (Lipinski definition) is 1. The van der Waals surface area contributed by atoms with Crippen LogP contribution in [0.25, 0.3) is 0 Å². The van der Waals surface area contributed by atoms with E-state index in [-0.39, 0.29) is 29.2 Å². The molecule has 0 radical (unpaired) electrons. The maximum atomic E-state index is 13.5. The molecule has 34 heavy (non-hydrogen) atoms. The summed E-state index contributed by atoms with van der Waals surface area (Å²) in [4.78, 5) is 27.7. The predicted molar refractivity (Wildman–Crippen MR) is 138 cm³/mol. The lowest BCUT2D eigenvalue weighted by Gasteiger charge is -2.32. The fourth-order valence-corrected chi connectivity index (χ4v) is 4.60. The highest BCUT2D eigenvalue weighted by Gasteiger charge is 2.31. The maximum Gasteiger partial charge on any atom is 0.244 e. The van der Waals surface area contributed by atoms with Crippen LogP contribution in [-0.2, 0) is 26.2 Å². The van der Waals surface area contributed by atoms with Crippen LogP contribution in [-0.4, -0.2) is 50.0 Å². The summed E-state index contributed by atoms with van der Waals surface area (Å²) in [5.41, 5.74) is 0.806. The lowest BCUT2D eigenvalue weighted by atomic mass is 10.1. The number of carbonyl (C=O) groups excluding carboxylic acids is 2. The minimum Gasteiger partial charge on any atom is -0.352 e. The number of amides is 2. The molecule has 11 heteroatoms. The molecular weight excluding hydrogens is 521 g/mol. The molecular formula is C23H28Cl3N3O4S. The van der Waals surface area contributed by atoms with Gasteiger partial charge in [-0.15, -0.1) is 0 Å². The third-order valence-electron chi connectivity index (χ3n) is 5.31. The molecule has 1 N–H and O–H groups in total. The molecule has 0 aliphatic carbocycles. The van der Waals surface area contributed by atoms with Crippen molar-refractivity contribution in [2.75, 3.05) is 17.1 Å². The summed E-state index contributed by atoms with van der Waals surface area (Å²) in [6, 6.07) is 10.2. The van der Waals surface area contributed by atoms with Gasteiger partial charge in [0.05, 0.1) is 27.0 Å². The summed E-state index contributed by atoms with van der Waals surface area (Å²) in [5, 5.41) is 3.70. The molecule has 0 bridgehead atoms. The van der Waals surface area contributed by atoms with E-state index in [0.29, 0.717) is 22.0 Å². The normalized spacial score (nSPS) is 13.1. The van der Waals surface area contributed by atoms with Crippen molar-refractivity contribution >= 4 is 62.3 Å². The van der Waals surface area contributed by atoms with Gasteiger partial charge in [-0.2, -0.15) is 0 Å². The van der Waals surface area contributed by atoms with Crippen LogP contribution in [0.4, 0.5) is 5.69 Å². The first-order valence-corrected chi connectivity index (χ1v) is 13.6. The predicted octanol–water partition coefficient (Wildman–Crippen LogP) is 4.74. The fraction of sp³-hybridized carbons (Fsp3) is 0.391. The van der Waals surface area contributed by atoms with Crippen LogP contribution in [0.3, 0.4) is 0 Å². The minimum absolute atomic E-state index is 0.0188. The van der Waals surface area contributed by atoms with E-state index in [2.05, 4.69) is 5.32 Å². The quantitative estimate of drug-likeness (QED) is 0.464. The first-order valence-electron chi connectivity index (χ1n) is 10.6. The Labute approximate surface area is 216 Å². The molecule has 0 saturated carbocycles. The van der Waals surface area contributed by atoms with E-state index in [1.807, 2.05) is 13.8 Å². The van der Waals surface area contributed by atoms with Crippen molar-refractivity contribution in [3.8, 4) is 0 Å². The molecule has 0 heterocycles. The molecule has 2 atom stereocenters. The van der Waals surface area contributed by atoms with E-state index in [4.69, 9.17) is 34.8 Å². The lowest BCUT2D eigenvalue weighted by molar-refractivity contribution is -0.139. The van der Waals surface area contributed by atoms with Crippen molar-refractivity contribution in [1.29, 1.82) is 0 Å². The molecule has 7 nitrogen and oxygen atoms in total. The number of carbonyl (C=O) groups is 2. The van der Waals surface area contributed by atoms with Crippen molar-refractivity contribution in [1.82, 2.24) is 10.2 Å². The van der Waals surface area contributed by atoms with E-state index in [1.54, 1.807) is 37.3 Å². The Morgan fingerprint density at radius 2 is 1.65 bits per heavy atom. The average molecular weight is 549 g/mol. The Morgan fingerprint density at radius 3 is 2.21 bits per heavy atom. The number of nitrogens with one attached hydrogen (secondary N) is 1. The van der Waals surface area contributed by atoms with Crippen LogP contribution in [0.2, 0.25) is 15.1 Å². The van der Waals surface area contributed by atoms with Gasteiger partial charge in [-0.25, -0.2) is 8.42 Å². The molecule has 0 fully saturated rings. The first kappa shape index (κ1) is 28.2. The topological polar surface area (TPSA) is 86.8 Å². The number of para-hydroxylation sites is 1. The second-order valence-electron chi connectivity index (χ2n) is 7.99. The first-order chi connectivity index (χ1) is 15.8. The zero-order valence-electron chi connectivity index (χ0n) is 19.4. The van der Waals surface area contributed by atoms with E-state index in [0.717, 1.165) is 10.6 Å². The van der Waals surface area contributed by atoms with E-state index >= 15 is 0 Å². The molecule has 186 valence electrons. The summed E-state index contributed by atoms with van der Waals surface area (Å²) < 4.78 is 26.0. The van der Waals surface area contributed by atoms with Crippen molar-refractivity contribution in [2.24, 2.45) is 0 Å². The van der Waals surface area contributed by atoms with Crippen LogP contribution in [0.1, 0.15) is 32.8 Å². The number of halogens is 3.